The zero-order valence-electron chi connectivity index (χ0n) is 9.26. The molecule has 1 N–H and O–H groups in total. The maximum absolute atomic E-state index is 3.51. The SMILES string of the molecule is c1cc2c(cc1CCC1CC1)NCCC2. The summed E-state index contributed by atoms with van der Waals surface area (Å²) in [6, 6.07) is 7.02. The van der Waals surface area contributed by atoms with Crippen LogP contribution in [0.4, 0.5) is 5.69 Å². The zero-order chi connectivity index (χ0) is 10.1. The second kappa shape index (κ2) is 3.88. The van der Waals surface area contributed by atoms with Gasteiger partial charge in [0.15, 0.2) is 0 Å². The highest BCUT2D eigenvalue weighted by Crippen LogP contribution is 2.34. The van der Waals surface area contributed by atoms with Crippen molar-refractivity contribution in [2.45, 2.75) is 38.5 Å². The molecule has 1 heteroatoms. The molecule has 1 aromatic rings. The summed E-state index contributed by atoms with van der Waals surface area (Å²) in [4.78, 5) is 0. The van der Waals surface area contributed by atoms with Crippen molar-refractivity contribution in [3.05, 3.63) is 29.3 Å². The van der Waals surface area contributed by atoms with E-state index in [2.05, 4.69) is 23.5 Å². The number of rotatable bonds is 3. The van der Waals surface area contributed by atoms with Gasteiger partial charge < -0.3 is 5.32 Å². The normalized spacial score (nSPS) is 19.5. The Balaban J connectivity index is 1.71. The minimum atomic E-state index is 1.05. The third kappa shape index (κ3) is 2.17. The molecule has 1 fully saturated rings. The number of hydrogen-bond donors (Lipinski definition) is 1. The Morgan fingerprint density at radius 3 is 3.07 bits per heavy atom. The molecular weight excluding hydrogens is 182 g/mol. The molecule has 1 saturated carbocycles. The van der Waals surface area contributed by atoms with Crippen molar-refractivity contribution in [2.24, 2.45) is 5.92 Å². The number of fused-ring (bicyclic) bond motifs is 1. The maximum atomic E-state index is 3.51. The number of nitrogens with one attached hydrogen (secondary N) is 1. The van der Waals surface area contributed by atoms with Gasteiger partial charge in [0.05, 0.1) is 0 Å². The van der Waals surface area contributed by atoms with Gasteiger partial charge in [0, 0.05) is 12.2 Å². The maximum Gasteiger partial charge on any atom is 0.0375 e. The van der Waals surface area contributed by atoms with Crippen LogP contribution in [0.2, 0.25) is 0 Å². The van der Waals surface area contributed by atoms with E-state index in [1.54, 1.807) is 0 Å². The molecule has 0 bridgehead atoms. The van der Waals surface area contributed by atoms with Crippen LogP contribution in [-0.2, 0) is 12.8 Å². The molecular formula is C14H19N. The minimum absolute atomic E-state index is 1.05. The Morgan fingerprint density at radius 1 is 1.27 bits per heavy atom. The molecule has 1 aliphatic carbocycles. The van der Waals surface area contributed by atoms with E-state index in [1.165, 1.54) is 55.3 Å². The minimum Gasteiger partial charge on any atom is -0.385 e. The topological polar surface area (TPSA) is 12.0 Å². The van der Waals surface area contributed by atoms with Crippen LogP contribution in [0, 0.1) is 5.92 Å². The van der Waals surface area contributed by atoms with Crippen molar-refractivity contribution >= 4 is 5.69 Å². The first-order chi connectivity index (χ1) is 7.42. The smallest absolute Gasteiger partial charge is 0.0375 e. The summed E-state index contributed by atoms with van der Waals surface area (Å²) >= 11 is 0. The predicted molar refractivity (Wildman–Crippen MR) is 64.3 cm³/mol. The van der Waals surface area contributed by atoms with Crippen molar-refractivity contribution in [1.29, 1.82) is 0 Å². The number of benzene rings is 1. The molecule has 0 saturated heterocycles. The standard InChI is InChI=1S/C14H19N/c1-2-13-8-7-12(6-5-11-3-4-11)10-14(13)15-9-1/h7-8,10-11,15H,1-6,9H2. The van der Waals surface area contributed by atoms with Crippen LogP contribution in [0.3, 0.4) is 0 Å². The molecule has 0 radical (unpaired) electrons. The summed E-state index contributed by atoms with van der Waals surface area (Å²) in [5, 5.41) is 3.51. The van der Waals surface area contributed by atoms with Crippen LogP contribution in [0.1, 0.15) is 36.8 Å². The van der Waals surface area contributed by atoms with E-state index in [0.29, 0.717) is 0 Å². The van der Waals surface area contributed by atoms with E-state index in [1.807, 2.05) is 0 Å². The Labute approximate surface area is 91.9 Å². The van der Waals surface area contributed by atoms with Gasteiger partial charge in [0.2, 0.25) is 0 Å². The van der Waals surface area contributed by atoms with Crippen molar-refractivity contribution in [3.8, 4) is 0 Å². The van der Waals surface area contributed by atoms with Gasteiger partial charge in [-0.3, -0.25) is 0 Å². The third-order valence-electron chi connectivity index (χ3n) is 3.65. The highest BCUT2D eigenvalue weighted by molar-refractivity contribution is 5.54. The molecule has 3 rings (SSSR count). The average Bonchev–Trinajstić information content (AvgIpc) is 3.10. The van der Waals surface area contributed by atoms with Gasteiger partial charge in [-0.1, -0.05) is 25.0 Å². The van der Waals surface area contributed by atoms with Crippen molar-refractivity contribution in [1.82, 2.24) is 0 Å². The van der Waals surface area contributed by atoms with Gasteiger partial charge >= 0.3 is 0 Å². The van der Waals surface area contributed by atoms with E-state index in [-0.39, 0.29) is 0 Å². The first-order valence-electron chi connectivity index (χ1n) is 6.27. The van der Waals surface area contributed by atoms with E-state index in [9.17, 15) is 0 Å². The second-order valence-electron chi connectivity index (χ2n) is 5.00. The Kier molecular flexibility index (Phi) is 2.40. The predicted octanol–water partition coefficient (Wildman–Crippen LogP) is 3.39. The molecule has 0 unspecified atom stereocenters. The molecule has 1 heterocycles. The molecule has 0 amide bonds. The lowest BCUT2D eigenvalue weighted by molar-refractivity contribution is 0.725. The van der Waals surface area contributed by atoms with Crippen molar-refractivity contribution in [2.75, 3.05) is 11.9 Å². The Morgan fingerprint density at radius 2 is 2.20 bits per heavy atom. The molecule has 2 aliphatic rings. The highest BCUT2D eigenvalue weighted by Gasteiger charge is 2.20. The van der Waals surface area contributed by atoms with E-state index in [4.69, 9.17) is 0 Å². The molecule has 0 aromatic heterocycles. The summed E-state index contributed by atoms with van der Waals surface area (Å²) in [7, 11) is 0. The zero-order valence-corrected chi connectivity index (χ0v) is 9.26. The van der Waals surface area contributed by atoms with Gasteiger partial charge in [-0.25, -0.2) is 0 Å². The summed E-state index contributed by atoms with van der Waals surface area (Å²) in [5.41, 5.74) is 4.43. The van der Waals surface area contributed by atoms with E-state index in [0.717, 1.165) is 12.5 Å². The first kappa shape index (κ1) is 9.26. The second-order valence-corrected chi connectivity index (χ2v) is 5.00. The van der Waals surface area contributed by atoms with Gasteiger partial charge in [-0.15, -0.1) is 0 Å². The van der Waals surface area contributed by atoms with Crippen LogP contribution in [0.25, 0.3) is 0 Å². The summed E-state index contributed by atoms with van der Waals surface area (Å²) in [6.07, 6.45) is 8.17. The lowest BCUT2D eigenvalue weighted by Gasteiger charge is -2.18. The van der Waals surface area contributed by atoms with E-state index < -0.39 is 0 Å². The largest absolute Gasteiger partial charge is 0.385 e. The van der Waals surface area contributed by atoms with Gasteiger partial charge in [0.1, 0.15) is 0 Å². The van der Waals surface area contributed by atoms with Crippen LogP contribution >= 0.6 is 0 Å². The number of aryl methyl sites for hydroxylation is 2. The van der Waals surface area contributed by atoms with Crippen LogP contribution in [-0.4, -0.2) is 6.54 Å². The molecule has 0 spiro atoms. The van der Waals surface area contributed by atoms with Crippen molar-refractivity contribution < 1.29 is 0 Å². The Bertz CT molecular complexity index is 352. The molecule has 0 atom stereocenters. The third-order valence-corrected chi connectivity index (χ3v) is 3.65. The lowest BCUT2D eigenvalue weighted by Crippen LogP contribution is -2.11. The first-order valence-corrected chi connectivity index (χ1v) is 6.27. The van der Waals surface area contributed by atoms with Gasteiger partial charge in [0.25, 0.3) is 0 Å². The summed E-state index contributed by atoms with van der Waals surface area (Å²) in [5.74, 6) is 1.05. The molecule has 1 nitrogen and oxygen atoms in total. The van der Waals surface area contributed by atoms with Gasteiger partial charge in [-0.05, 0) is 48.8 Å². The highest BCUT2D eigenvalue weighted by atomic mass is 14.9. The quantitative estimate of drug-likeness (QED) is 0.790. The van der Waals surface area contributed by atoms with Crippen molar-refractivity contribution in [3.63, 3.8) is 0 Å². The molecule has 15 heavy (non-hydrogen) atoms. The fourth-order valence-corrected chi connectivity index (χ4v) is 2.44. The summed E-state index contributed by atoms with van der Waals surface area (Å²) < 4.78 is 0. The fraction of sp³-hybridized carbons (Fsp3) is 0.571. The van der Waals surface area contributed by atoms with Crippen LogP contribution in [0.5, 0.6) is 0 Å². The van der Waals surface area contributed by atoms with Gasteiger partial charge in [-0.2, -0.15) is 0 Å². The molecule has 1 aromatic carbocycles. The average molecular weight is 201 g/mol. The van der Waals surface area contributed by atoms with Crippen LogP contribution in [0.15, 0.2) is 18.2 Å². The van der Waals surface area contributed by atoms with E-state index >= 15 is 0 Å². The summed E-state index contributed by atoms with van der Waals surface area (Å²) in [6.45, 7) is 1.15. The van der Waals surface area contributed by atoms with Crippen LogP contribution < -0.4 is 5.32 Å². The lowest BCUT2D eigenvalue weighted by atomic mass is 9.99. The number of anilines is 1. The Hall–Kier alpha value is -0.980. The molecule has 1 aliphatic heterocycles. The number of hydrogen-bond acceptors (Lipinski definition) is 1. The molecule has 80 valence electrons. The monoisotopic (exact) mass is 201 g/mol. The fourth-order valence-electron chi connectivity index (χ4n) is 2.44.